The van der Waals surface area contributed by atoms with E-state index in [-0.39, 0.29) is 0 Å². The molecule has 2 rings (SSSR count). The first kappa shape index (κ1) is 10.7. The van der Waals surface area contributed by atoms with Crippen molar-refractivity contribution >= 4 is 11.6 Å². The van der Waals surface area contributed by atoms with Crippen molar-refractivity contribution in [1.82, 2.24) is 9.80 Å². The molecule has 1 atom stereocenters. The van der Waals surface area contributed by atoms with E-state index in [0.29, 0.717) is 5.92 Å². The van der Waals surface area contributed by atoms with Gasteiger partial charge in [0.2, 0.25) is 0 Å². The van der Waals surface area contributed by atoms with E-state index in [0.717, 1.165) is 11.9 Å². The van der Waals surface area contributed by atoms with Crippen molar-refractivity contribution in [3.05, 3.63) is 0 Å². The fourth-order valence-electron chi connectivity index (χ4n) is 2.24. The summed E-state index contributed by atoms with van der Waals surface area (Å²) in [6.07, 6.45) is 2.89. The SMILES string of the molecule is CC(CCl)CN1CCN(C2CC2)CC1. The summed E-state index contributed by atoms with van der Waals surface area (Å²) in [5.74, 6) is 1.44. The van der Waals surface area contributed by atoms with Gasteiger partial charge in [0.05, 0.1) is 0 Å². The third kappa shape index (κ3) is 2.85. The highest BCUT2D eigenvalue weighted by Gasteiger charge is 2.31. The van der Waals surface area contributed by atoms with Crippen molar-refractivity contribution in [2.75, 3.05) is 38.6 Å². The minimum atomic E-state index is 0.643. The largest absolute Gasteiger partial charge is 0.300 e. The van der Waals surface area contributed by atoms with Gasteiger partial charge in [0.25, 0.3) is 0 Å². The minimum absolute atomic E-state index is 0.643. The molecule has 1 saturated heterocycles. The Morgan fingerprint density at radius 3 is 2.36 bits per heavy atom. The van der Waals surface area contributed by atoms with Crippen LogP contribution in [0.4, 0.5) is 0 Å². The Morgan fingerprint density at radius 1 is 1.21 bits per heavy atom. The van der Waals surface area contributed by atoms with Crippen LogP contribution in [-0.4, -0.2) is 54.4 Å². The fraction of sp³-hybridized carbons (Fsp3) is 1.00. The Morgan fingerprint density at radius 2 is 1.86 bits per heavy atom. The highest BCUT2D eigenvalue weighted by molar-refractivity contribution is 6.18. The summed E-state index contributed by atoms with van der Waals surface area (Å²) in [5.41, 5.74) is 0. The Kier molecular flexibility index (Phi) is 3.69. The van der Waals surface area contributed by atoms with Gasteiger partial charge >= 0.3 is 0 Å². The van der Waals surface area contributed by atoms with Gasteiger partial charge in [-0.3, -0.25) is 4.90 Å². The first-order valence-corrected chi connectivity index (χ1v) is 6.35. The van der Waals surface area contributed by atoms with E-state index >= 15 is 0 Å². The molecular formula is C11H21ClN2. The summed E-state index contributed by atoms with van der Waals surface area (Å²) in [5, 5.41) is 0. The normalized spacial score (nSPS) is 27.9. The van der Waals surface area contributed by atoms with Gasteiger partial charge in [0, 0.05) is 44.6 Å². The molecule has 1 aliphatic heterocycles. The maximum atomic E-state index is 5.82. The molecule has 0 aromatic heterocycles. The first-order chi connectivity index (χ1) is 6.79. The summed E-state index contributed by atoms with van der Waals surface area (Å²) in [6, 6.07) is 0.947. The zero-order chi connectivity index (χ0) is 9.97. The number of alkyl halides is 1. The monoisotopic (exact) mass is 216 g/mol. The van der Waals surface area contributed by atoms with Gasteiger partial charge in [0.15, 0.2) is 0 Å². The summed E-state index contributed by atoms with van der Waals surface area (Å²) in [4.78, 5) is 5.22. The van der Waals surface area contributed by atoms with E-state index in [1.54, 1.807) is 0 Å². The van der Waals surface area contributed by atoms with Crippen LogP contribution in [0.2, 0.25) is 0 Å². The summed E-state index contributed by atoms with van der Waals surface area (Å²) in [7, 11) is 0. The topological polar surface area (TPSA) is 6.48 Å². The summed E-state index contributed by atoms with van der Waals surface area (Å²) < 4.78 is 0. The molecule has 1 heterocycles. The van der Waals surface area contributed by atoms with Gasteiger partial charge in [0.1, 0.15) is 0 Å². The van der Waals surface area contributed by atoms with Crippen LogP contribution in [0.3, 0.4) is 0 Å². The molecule has 1 saturated carbocycles. The average molecular weight is 217 g/mol. The van der Waals surface area contributed by atoms with Gasteiger partial charge in [-0.25, -0.2) is 0 Å². The molecule has 1 aliphatic carbocycles. The van der Waals surface area contributed by atoms with Crippen LogP contribution >= 0.6 is 11.6 Å². The first-order valence-electron chi connectivity index (χ1n) is 5.82. The molecule has 14 heavy (non-hydrogen) atoms. The third-order valence-electron chi connectivity index (χ3n) is 3.30. The number of halogens is 1. The lowest BCUT2D eigenvalue weighted by Gasteiger charge is -2.35. The van der Waals surface area contributed by atoms with Crippen LogP contribution in [-0.2, 0) is 0 Å². The summed E-state index contributed by atoms with van der Waals surface area (Å²) >= 11 is 5.82. The Labute approximate surface area is 92.2 Å². The van der Waals surface area contributed by atoms with Crippen LogP contribution < -0.4 is 0 Å². The lowest BCUT2D eigenvalue weighted by molar-refractivity contribution is 0.117. The second-order valence-corrected chi connectivity index (χ2v) is 5.14. The van der Waals surface area contributed by atoms with Gasteiger partial charge in [-0.05, 0) is 18.8 Å². The van der Waals surface area contributed by atoms with E-state index in [1.807, 2.05) is 0 Å². The third-order valence-corrected chi connectivity index (χ3v) is 3.83. The highest BCUT2D eigenvalue weighted by atomic mass is 35.5. The summed E-state index contributed by atoms with van der Waals surface area (Å²) in [6.45, 7) is 8.47. The van der Waals surface area contributed by atoms with Crippen molar-refractivity contribution in [1.29, 1.82) is 0 Å². The lowest BCUT2D eigenvalue weighted by atomic mass is 10.2. The van der Waals surface area contributed by atoms with Crippen LogP contribution in [0, 0.1) is 5.92 Å². The zero-order valence-corrected chi connectivity index (χ0v) is 9.84. The molecule has 0 bridgehead atoms. The maximum absolute atomic E-state index is 5.82. The van der Waals surface area contributed by atoms with Gasteiger partial charge in [-0.2, -0.15) is 0 Å². The van der Waals surface area contributed by atoms with Crippen molar-refractivity contribution in [3.8, 4) is 0 Å². The van der Waals surface area contributed by atoms with Gasteiger partial charge < -0.3 is 4.90 Å². The molecule has 0 aromatic rings. The van der Waals surface area contributed by atoms with Gasteiger partial charge in [-0.15, -0.1) is 11.6 Å². The molecule has 0 aromatic carbocycles. The van der Waals surface area contributed by atoms with Crippen LogP contribution in [0.25, 0.3) is 0 Å². The van der Waals surface area contributed by atoms with Crippen molar-refractivity contribution < 1.29 is 0 Å². The quantitative estimate of drug-likeness (QED) is 0.660. The smallest absolute Gasteiger partial charge is 0.0261 e. The molecule has 0 radical (unpaired) electrons. The van der Waals surface area contributed by atoms with E-state index in [4.69, 9.17) is 11.6 Å². The second-order valence-electron chi connectivity index (χ2n) is 4.83. The second kappa shape index (κ2) is 4.82. The Bertz CT molecular complexity index is 174. The molecule has 0 spiro atoms. The van der Waals surface area contributed by atoms with E-state index < -0.39 is 0 Å². The van der Waals surface area contributed by atoms with Crippen molar-refractivity contribution in [2.24, 2.45) is 5.92 Å². The molecule has 0 N–H and O–H groups in total. The van der Waals surface area contributed by atoms with Gasteiger partial charge in [-0.1, -0.05) is 6.92 Å². The fourth-order valence-corrected chi connectivity index (χ4v) is 2.34. The Balaban J connectivity index is 1.67. The standard InChI is InChI=1S/C11H21ClN2/c1-10(8-12)9-13-4-6-14(7-5-13)11-2-3-11/h10-11H,2-9H2,1H3. The molecule has 3 heteroatoms. The number of rotatable bonds is 4. The number of hydrogen-bond acceptors (Lipinski definition) is 2. The zero-order valence-electron chi connectivity index (χ0n) is 9.08. The number of nitrogens with zero attached hydrogens (tertiary/aromatic N) is 2. The lowest BCUT2D eigenvalue weighted by Crippen LogP contribution is -2.48. The van der Waals surface area contributed by atoms with Crippen molar-refractivity contribution in [3.63, 3.8) is 0 Å². The molecule has 2 fully saturated rings. The van der Waals surface area contributed by atoms with E-state index in [9.17, 15) is 0 Å². The number of hydrogen-bond donors (Lipinski definition) is 0. The maximum Gasteiger partial charge on any atom is 0.0261 e. The molecule has 0 amide bonds. The Hall–Kier alpha value is 0.210. The molecule has 2 aliphatic rings. The van der Waals surface area contributed by atoms with Crippen LogP contribution in [0.5, 0.6) is 0 Å². The number of piperazine rings is 1. The minimum Gasteiger partial charge on any atom is -0.300 e. The molecule has 1 unspecified atom stereocenters. The molecule has 2 nitrogen and oxygen atoms in total. The van der Waals surface area contributed by atoms with E-state index in [1.165, 1.54) is 45.6 Å². The highest BCUT2D eigenvalue weighted by Crippen LogP contribution is 2.27. The van der Waals surface area contributed by atoms with Crippen molar-refractivity contribution in [2.45, 2.75) is 25.8 Å². The predicted octanol–water partition coefficient (Wildman–Crippen LogP) is 1.64. The molecule has 82 valence electrons. The van der Waals surface area contributed by atoms with Crippen LogP contribution in [0.15, 0.2) is 0 Å². The van der Waals surface area contributed by atoms with Crippen LogP contribution in [0.1, 0.15) is 19.8 Å². The van der Waals surface area contributed by atoms with E-state index in [2.05, 4.69) is 16.7 Å². The predicted molar refractivity (Wildman–Crippen MR) is 60.9 cm³/mol. The molecular weight excluding hydrogens is 196 g/mol. The average Bonchev–Trinajstić information content (AvgIpc) is 3.02.